The van der Waals surface area contributed by atoms with Gasteiger partial charge in [0.1, 0.15) is 5.82 Å². The van der Waals surface area contributed by atoms with Gasteiger partial charge in [-0.05, 0) is 23.8 Å². The van der Waals surface area contributed by atoms with Crippen LogP contribution in [-0.2, 0) is 17.8 Å². The third-order valence-electron chi connectivity index (χ3n) is 3.44. The molecule has 1 aliphatic rings. The number of halogens is 1. The van der Waals surface area contributed by atoms with Crippen molar-refractivity contribution in [3.05, 3.63) is 65.0 Å². The van der Waals surface area contributed by atoms with E-state index in [0.717, 1.165) is 11.3 Å². The molecule has 4 heteroatoms. The third kappa shape index (κ3) is 2.04. The average molecular weight is 266 g/mol. The van der Waals surface area contributed by atoms with Crippen LogP contribution in [0.3, 0.4) is 0 Å². The van der Waals surface area contributed by atoms with E-state index in [2.05, 4.69) is 0 Å². The van der Waals surface area contributed by atoms with E-state index in [4.69, 9.17) is 5.26 Å². The summed E-state index contributed by atoms with van der Waals surface area (Å²) in [6, 6.07) is 13.7. The topological polar surface area (TPSA) is 44.1 Å². The molecule has 0 aliphatic carbocycles. The summed E-state index contributed by atoms with van der Waals surface area (Å²) in [4.78, 5) is 13.6. The zero-order valence-corrected chi connectivity index (χ0v) is 10.6. The molecule has 1 aliphatic heterocycles. The zero-order valence-electron chi connectivity index (χ0n) is 10.6. The molecule has 0 fully saturated rings. The Kier molecular flexibility index (Phi) is 2.96. The monoisotopic (exact) mass is 266 g/mol. The van der Waals surface area contributed by atoms with E-state index in [9.17, 15) is 9.18 Å². The lowest BCUT2D eigenvalue weighted by Gasteiger charge is -2.18. The lowest BCUT2D eigenvalue weighted by Crippen LogP contribution is -2.26. The van der Waals surface area contributed by atoms with Crippen molar-refractivity contribution < 1.29 is 9.18 Å². The van der Waals surface area contributed by atoms with E-state index in [1.807, 2.05) is 30.3 Å². The Balaban J connectivity index is 1.92. The van der Waals surface area contributed by atoms with Gasteiger partial charge in [-0.15, -0.1) is 0 Å². The lowest BCUT2D eigenvalue weighted by atomic mass is 10.1. The van der Waals surface area contributed by atoms with E-state index in [0.29, 0.717) is 12.0 Å². The Hall–Kier alpha value is -2.67. The van der Waals surface area contributed by atoms with Crippen LogP contribution in [-0.4, -0.2) is 5.91 Å². The molecule has 0 saturated carbocycles. The first kappa shape index (κ1) is 12.4. The van der Waals surface area contributed by atoms with Gasteiger partial charge in [0.2, 0.25) is 5.91 Å². The number of benzene rings is 2. The minimum Gasteiger partial charge on any atom is -0.307 e. The number of carbonyl (C=O) groups is 1. The summed E-state index contributed by atoms with van der Waals surface area (Å²) in [6.07, 6.45) is 0.355. The second kappa shape index (κ2) is 4.78. The van der Waals surface area contributed by atoms with Crippen LogP contribution in [0.4, 0.5) is 10.1 Å². The van der Waals surface area contributed by atoms with Gasteiger partial charge in [0, 0.05) is 11.3 Å². The summed E-state index contributed by atoms with van der Waals surface area (Å²) >= 11 is 0. The molecule has 0 unspecified atom stereocenters. The lowest BCUT2D eigenvalue weighted by molar-refractivity contribution is -0.117. The van der Waals surface area contributed by atoms with Gasteiger partial charge in [0.15, 0.2) is 0 Å². The molecule has 0 aromatic heterocycles. The number of anilines is 1. The highest BCUT2D eigenvalue weighted by Crippen LogP contribution is 2.30. The average Bonchev–Trinajstić information content (AvgIpc) is 2.77. The number of rotatable bonds is 2. The number of amides is 1. The van der Waals surface area contributed by atoms with Crippen molar-refractivity contribution in [2.24, 2.45) is 0 Å². The molecule has 0 radical (unpaired) electrons. The number of para-hydroxylation sites is 1. The van der Waals surface area contributed by atoms with Crippen molar-refractivity contribution in [3.8, 4) is 6.07 Å². The maximum atomic E-state index is 13.9. The Labute approximate surface area is 115 Å². The normalized spacial score (nSPS) is 13.2. The number of nitriles is 1. The van der Waals surface area contributed by atoms with Crippen molar-refractivity contribution >= 4 is 11.6 Å². The quantitative estimate of drug-likeness (QED) is 0.839. The van der Waals surface area contributed by atoms with Gasteiger partial charge in [0.05, 0.1) is 24.6 Å². The van der Waals surface area contributed by atoms with Gasteiger partial charge >= 0.3 is 0 Å². The molecule has 2 aromatic carbocycles. The number of fused-ring (bicyclic) bond motifs is 1. The molecule has 1 heterocycles. The Bertz CT molecular complexity index is 733. The summed E-state index contributed by atoms with van der Waals surface area (Å²) in [5, 5.41) is 8.73. The highest BCUT2D eigenvalue weighted by molar-refractivity contribution is 6.01. The van der Waals surface area contributed by atoms with Crippen LogP contribution in [0.15, 0.2) is 42.5 Å². The van der Waals surface area contributed by atoms with Gasteiger partial charge in [-0.2, -0.15) is 5.26 Å². The summed E-state index contributed by atoms with van der Waals surface area (Å²) in [6.45, 7) is 0.188. The first-order chi connectivity index (χ1) is 9.69. The maximum Gasteiger partial charge on any atom is 0.231 e. The largest absolute Gasteiger partial charge is 0.307 e. The fourth-order valence-electron chi connectivity index (χ4n) is 2.41. The molecular weight excluding hydrogens is 255 g/mol. The highest BCUT2D eigenvalue weighted by atomic mass is 19.1. The predicted molar refractivity (Wildman–Crippen MR) is 72.5 cm³/mol. The number of hydrogen-bond donors (Lipinski definition) is 0. The summed E-state index contributed by atoms with van der Waals surface area (Å²) in [5.74, 6) is -0.490. The van der Waals surface area contributed by atoms with Crippen molar-refractivity contribution in [2.45, 2.75) is 13.0 Å². The van der Waals surface area contributed by atoms with E-state index in [-0.39, 0.29) is 18.0 Å². The Morgan fingerprint density at radius 1 is 1.25 bits per heavy atom. The van der Waals surface area contributed by atoms with Crippen molar-refractivity contribution in [3.63, 3.8) is 0 Å². The van der Waals surface area contributed by atoms with E-state index >= 15 is 0 Å². The van der Waals surface area contributed by atoms with Crippen molar-refractivity contribution in [1.29, 1.82) is 5.26 Å². The van der Waals surface area contributed by atoms with Gasteiger partial charge in [-0.1, -0.05) is 24.3 Å². The molecule has 3 rings (SSSR count). The molecule has 98 valence electrons. The SMILES string of the molecule is N#Cc1ccc(CN2C(=O)Cc3ccccc32)c(F)c1. The van der Waals surface area contributed by atoms with Crippen LogP contribution in [0.1, 0.15) is 16.7 Å². The fourth-order valence-corrected chi connectivity index (χ4v) is 2.41. The molecule has 20 heavy (non-hydrogen) atoms. The summed E-state index contributed by atoms with van der Waals surface area (Å²) < 4.78 is 13.9. The predicted octanol–water partition coefficient (Wildman–Crippen LogP) is 2.79. The van der Waals surface area contributed by atoms with Crippen LogP contribution in [0.25, 0.3) is 0 Å². The Morgan fingerprint density at radius 2 is 2.05 bits per heavy atom. The maximum absolute atomic E-state index is 13.9. The van der Waals surface area contributed by atoms with Crippen molar-refractivity contribution in [2.75, 3.05) is 4.90 Å². The van der Waals surface area contributed by atoms with Gasteiger partial charge in [-0.3, -0.25) is 4.79 Å². The molecule has 0 bridgehead atoms. The second-order valence-corrected chi connectivity index (χ2v) is 4.70. The van der Waals surface area contributed by atoms with Crippen LogP contribution in [0, 0.1) is 17.1 Å². The fraction of sp³-hybridized carbons (Fsp3) is 0.125. The number of hydrogen-bond acceptors (Lipinski definition) is 2. The minimum absolute atomic E-state index is 0.0324. The van der Waals surface area contributed by atoms with Gasteiger partial charge in [-0.25, -0.2) is 4.39 Å². The van der Waals surface area contributed by atoms with E-state index in [1.54, 1.807) is 17.0 Å². The van der Waals surface area contributed by atoms with Gasteiger partial charge < -0.3 is 4.90 Å². The molecule has 0 atom stereocenters. The molecular formula is C16H11FN2O. The first-order valence-electron chi connectivity index (χ1n) is 6.26. The summed E-state index contributed by atoms with van der Waals surface area (Å²) in [5.41, 5.74) is 2.49. The van der Waals surface area contributed by atoms with E-state index in [1.165, 1.54) is 6.07 Å². The highest BCUT2D eigenvalue weighted by Gasteiger charge is 2.27. The number of carbonyl (C=O) groups excluding carboxylic acids is 1. The van der Waals surface area contributed by atoms with Crippen LogP contribution in [0.5, 0.6) is 0 Å². The Morgan fingerprint density at radius 3 is 2.80 bits per heavy atom. The van der Waals surface area contributed by atoms with Crippen LogP contribution in [0.2, 0.25) is 0 Å². The van der Waals surface area contributed by atoms with Gasteiger partial charge in [0.25, 0.3) is 0 Å². The molecule has 0 N–H and O–H groups in total. The minimum atomic E-state index is -0.457. The van der Waals surface area contributed by atoms with Crippen molar-refractivity contribution in [1.82, 2.24) is 0 Å². The molecule has 0 saturated heterocycles. The molecule has 1 amide bonds. The van der Waals surface area contributed by atoms with Crippen LogP contribution < -0.4 is 4.90 Å². The van der Waals surface area contributed by atoms with E-state index < -0.39 is 5.82 Å². The molecule has 2 aromatic rings. The zero-order chi connectivity index (χ0) is 14.1. The smallest absolute Gasteiger partial charge is 0.231 e. The van der Waals surface area contributed by atoms with Crippen LogP contribution >= 0.6 is 0 Å². The number of nitrogens with zero attached hydrogens (tertiary/aromatic N) is 2. The molecule has 0 spiro atoms. The third-order valence-corrected chi connectivity index (χ3v) is 3.44. The first-order valence-corrected chi connectivity index (χ1v) is 6.26. The molecule has 3 nitrogen and oxygen atoms in total. The second-order valence-electron chi connectivity index (χ2n) is 4.70. The standard InChI is InChI=1S/C16H11FN2O/c17-14-7-11(9-18)5-6-13(14)10-19-15-4-2-1-3-12(15)8-16(19)20/h1-7H,8,10H2. The summed E-state index contributed by atoms with van der Waals surface area (Å²) in [7, 11) is 0.